The van der Waals surface area contributed by atoms with Crippen molar-refractivity contribution >= 4 is 0 Å². The van der Waals surface area contributed by atoms with Crippen molar-refractivity contribution in [1.29, 1.82) is 0 Å². The molecule has 1 aliphatic rings. The molecule has 2 N–H and O–H groups in total. The van der Waals surface area contributed by atoms with E-state index in [0.29, 0.717) is 22.7 Å². The van der Waals surface area contributed by atoms with Gasteiger partial charge in [-0.3, -0.25) is 9.78 Å². The number of rotatable bonds is 3. The molecule has 0 spiro atoms. The molecule has 1 aliphatic carbocycles. The number of aromatic nitrogens is 2. The van der Waals surface area contributed by atoms with Crippen LogP contribution in [-0.4, -0.2) is 9.97 Å². The summed E-state index contributed by atoms with van der Waals surface area (Å²) in [5.74, 6) is 0.661. The zero-order valence-corrected chi connectivity index (χ0v) is 14.5. The molecule has 0 saturated heterocycles. The van der Waals surface area contributed by atoms with E-state index < -0.39 is 23.0 Å². The van der Waals surface area contributed by atoms with Crippen molar-refractivity contribution in [3.63, 3.8) is 0 Å². The lowest BCUT2D eigenvalue weighted by molar-refractivity contribution is -0.137. The van der Waals surface area contributed by atoms with Crippen LogP contribution in [0.3, 0.4) is 0 Å². The molecule has 0 aliphatic heterocycles. The number of hydrogen-bond acceptors (Lipinski definition) is 2. The van der Waals surface area contributed by atoms with Crippen LogP contribution in [0.2, 0.25) is 0 Å². The summed E-state index contributed by atoms with van der Waals surface area (Å²) in [6, 6.07) is 4.95. The zero-order chi connectivity index (χ0) is 18.9. The summed E-state index contributed by atoms with van der Waals surface area (Å²) < 4.78 is 38.8. The first kappa shape index (κ1) is 18.5. The molecular formula is C19H21F3N2O2. The minimum atomic E-state index is -4.43. The average molecular weight is 366 g/mol. The van der Waals surface area contributed by atoms with Gasteiger partial charge in [0.1, 0.15) is 0 Å². The van der Waals surface area contributed by atoms with Crippen molar-refractivity contribution in [3.8, 4) is 0 Å². The third-order valence-corrected chi connectivity index (χ3v) is 5.13. The second kappa shape index (κ2) is 7.13. The Morgan fingerprint density at radius 2 is 1.77 bits per heavy atom. The van der Waals surface area contributed by atoms with Gasteiger partial charge >= 0.3 is 11.9 Å². The van der Waals surface area contributed by atoms with Crippen molar-refractivity contribution in [3.05, 3.63) is 67.5 Å². The van der Waals surface area contributed by atoms with Crippen LogP contribution >= 0.6 is 0 Å². The van der Waals surface area contributed by atoms with Gasteiger partial charge in [0, 0.05) is 17.7 Å². The third-order valence-electron chi connectivity index (χ3n) is 5.13. The number of benzene rings is 1. The monoisotopic (exact) mass is 366 g/mol. The molecule has 1 aromatic heterocycles. The number of aromatic amines is 2. The molecule has 7 heteroatoms. The molecule has 2 aromatic rings. The van der Waals surface area contributed by atoms with Crippen molar-refractivity contribution in [1.82, 2.24) is 9.97 Å². The van der Waals surface area contributed by atoms with Crippen molar-refractivity contribution < 1.29 is 13.2 Å². The summed E-state index contributed by atoms with van der Waals surface area (Å²) in [7, 11) is 0. The Balaban J connectivity index is 1.98. The molecule has 0 amide bonds. The lowest BCUT2D eigenvalue weighted by atomic mass is 9.80. The SMILES string of the molecule is C[C@H]1CC[C@H](c2[nH]c(=O)[nH]c(=O)c2Cc2cccc(C(F)(F)F)c2)CC1. The van der Waals surface area contributed by atoms with E-state index in [-0.39, 0.29) is 12.3 Å². The van der Waals surface area contributed by atoms with Crippen LogP contribution in [0.15, 0.2) is 33.9 Å². The Labute approximate surface area is 148 Å². The lowest BCUT2D eigenvalue weighted by Crippen LogP contribution is -2.30. The fourth-order valence-electron chi connectivity index (χ4n) is 3.66. The highest BCUT2D eigenvalue weighted by atomic mass is 19.4. The van der Waals surface area contributed by atoms with E-state index in [1.165, 1.54) is 6.07 Å². The van der Waals surface area contributed by atoms with Gasteiger partial charge in [-0.15, -0.1) is 0 Å². The van der Waals surface area contributed by atoms with E-state index in [1.54, 1.807) is 6.07 Å². The number of halogens is 3. The van der Waals surface area contributed by atoms with E-state index in [0.717, 1.165) is 37.8 Å². The summed E-state index contributed by atoms with van der Waals surface area (Å²) in [5.41, 5.74) is -0.533. The highest BCUT2D eigenvalue weighted by Gasteiger charge is 2.30. The fourth-order valence-corrected chi connectivity index (χ4v) is 3.66. The molecule has 1 aromatic carbocycles. The zero-order valence-electron chi connectivity index (χ0n) is 14.5. The summed E-state index contributed by atoms with van der Waals surface area (Å²) >= 11 is 0. The molecule has 1 fully saturated rings. The minimum Gasteiger partial charge on any atom is -0.311 e. The van der Waals surface area contributed by atoms with Crippen molar-refractivity contribution in [2.45, 2.75) is 51.1 Å². The maximum Gasteiger partial charge on any atom is 0.416 e. The Bertz CT molecular complexity index is 891. The van der Waals surface area contributed by atoms with Gasteiger partial charge in [0.15, 0.2) is 0 Å². The normalized spacial score (nSPS) is 20.9. The predicted octanol–water partition coefficient (Wildman–Crippen LogP) is 3.97. The molecule has 0 bridgehead atoms. The number of alkyl halides is 3. The largest absolute Gasteiger partial charge is 0.416 e. The van der Waals surface area contributed by atoms with Crippen LogP contribution in [0.5, 0.6) is 0 Å². The summed E-state index contributed by atoms with van der Waals surface area (Å²) in [6.45, 7) is 2.17. The summed E-state index contributed by atoms with van der Waals surface area (Å²) in [6.07, 6.45) is -0.662. The molecule has 3 rings (SSSR count). The first-order valence-corrected chi connectivity index (χ1v) is 8.75. The minimum absolute atomic E-state index is 0.0530. The molecule has 0 radical (unpaired) electrons. The molecule has 140 valence electrons. The Morgan fingerprint density at radius 1 is 1.08 bits per heavy atom. The first-order valence-electron chi connectivity index (χ1n) is 8.75. The summed E-state index contributed by atoms with van der Waals surface area (Å²) in [4.78, 5) is 29.0. The highest BCUT2D eigenvalue weighted by molar-refractivity contribution is 5.32. The van der Waals surface area contributed by atoms with Gasteiger partial charge in [-0.05, 0) is 36.3 Å². The van der Waals surface area contributed by atoms with Crippen molar-refractivity contribution in [2.75, 3.05) is 0 Å². The number of H-pyrrole nitrogens is 2. The van der Waals surface area contributed by atoms with Crippen LogP contribution in [-0.2, 0) is 12.6 Å². The Morgan fingerprint density at radius 3 is 2.42 bits per heavy atom. The Kier molecular flexibility index (Phi) is 5.07. The topological polar surface area (TPSA) is 65.7 Å². The van der Waals surface area contributed by atoms with Crippen LogP contribution in [0, 0.1) is 5.92 Å². The van der Waals surface area contributed by atoms with E-state index in [2.05, 4.69) is 16.9 Å². The quantitative estimate of drug-likeness (QED) is 0.863. The lowest BCUT2D eigenvalue weighted by Gasteiger charge is -2.27. The maximum atomic E-state index is 12.9. The maximum absolute atomic E-state index is 12.9. The van der Waals surface area contributed by atoms with Crippen LogP contribution in [0.4, 0.5) is 13.2 Å². The molecule has 1 saturated carbocycles. The van der Waals surface area contributed by atoms with Crippen molar-refractivity contribution in [2.24, 2.45) is 5.92 Å². The van der Waals surface area contributed by atoms with Gasteiger partial charge in [-0.1, -0.05) is 38.0 Å². The summed E-state index contributed by atoms with van der Waals surface area (Å²) in [5, 5.41) is 0. The number of hydrogen-bond donors (Lipinski definition) is 2. The van der Waals surface area contributed by atoms with Gasteiger partial charge in [-0.25, -0.2) is 4.79 Å². The molecular weight excluding hydrogens is 345 g/mol. The molecule has 4 nitrogen and oxygen atoms in total. The second-order valence-corrected chi connectivity index (χ2v) is 7.13. The molecule has 0 unspecified atom stereocenters. The third kappa shape index (κ3) is 4.08. The van der Waals surface area contributed by atoms with E-state index in [4.69, 9.17) is 0 Å². The fraction of sp³-hybridized carbons (Fsp3) is 0.474. The van der Waals surface area contributed by atoms with E-state index >= 15 is 0 Å². The van der Waals surface area contributed by atoms with Gasteiger partial charge < -0.3 is 4.98 Å². The van der Waals surface area contributed by atoms with Gasteiger partial charge in [0.05, 0.1) is 5.56 Å². The van der Waals surface area contributed by atoms with Gasteiger partial charge in [0.2, 0.25) is 0 Å². The molecule has 26 heavy (non-hydrogen) atoms. The van der Waals surface area contributed by atoms with Crippen LogP contribution in [0.1, 0.15) is 60.9 Å². The standard InChI is InChI=1S/C19H21F3N2O2/c1-11-5-7-13(8-6-11)16-15(17(25)24-18(26)23-16)10-12-3-2-4-14(9-12)19(20,21)22/h2-4,9,11,13H,5-8,10H2,1H3,(H2,23,24,25,26)/t11-,13-. The second-order valence-electron chi connectivity index (χ2n) is 7.13. The number of nitrogens with one attached hydrogen (secondary N) is 2. The van der Waals surface area contributed by atoms with Gasteiger partial charge in [-0.2, -0.15) is 13.2 Å². The molecule has 1 heterocycles. The Hall–Kier alpha value is -2.31. The highest BCUT2D eigenvalue weighted by Crippen LogP contribution is 2.36. The smallest absolute Gasteiger partial charge is 0.311 e. The van der Waals surface area contributed by atoms with Crippen LogP contribution in [0.25, 0.3) is 0 Å². The molecule has 0 atom stereocenters. The van der Waals surface area contributed by atoms with Crippen LogP contribution < -0.4 is 11.2 Å². The van der Waals surface area contributed by atoms with E-state index in [1.807, 2.05) is 0 Å². The van der Waals surface area contributed by atoms with Gasteiger partial charge in [0.25, 0.3) is 5.56 Å². The first-order chi connectivity index (χ1) is 12.2. The average Bonchev–Trinajstić information content (AvgIpc) is 2.57. The van der Waals surface area contributed by atoms with E-state index in [9.17, 15) is 22.8 Å². The predicted molar refractivity (Wildman–Crippen MR) is 92.3 cm³/mol.